The molecule has 0 amide bonds. The molecular formula is C24H18BrIN2O4. The Morgan fingerprint density at radius 1 is 1.16 bits per heavy atom. The summed E-state index contributed by atoms with van der Waals surface area (Å²) in [5.41, 5.74) is 3.02. The van der Waals surface area contributed by atoms with Crippen molar-refractivity contribution in [2.24, 2.45) is 0 Å². The van der Waals surface area contributed by atoms with Crippen molar-refractivity contribution in [1.29, 1.82) is 5.26 Å². The predicted molar refractivity (Wildman–Crippen MR) is 135 cm³/mol. The summed E-state index contributed by atoms with van der Waals surface area (Å²) in [6.45, 7) is 2.58. The number of halogens is 2. The van der Waals surface area contributed by atoms with Crippen molar-refractivity contribution in [3.05, 3.63) is 95.5 Å². The fourth-order valence-corrected chi connectivity index (χ4v) is 3.97. The fourth-order valence-electron chi connectivity index (χ4n) is 2.92. The molecule has 0 N–H and O–H groups in total. The summed E-state index contributed by atoms with van der Waals surface area (Å²) >= 11 is 5.58. The topological polar surface area (TPSA) is 85.4 Å². The SMILES string of the molecule is CCOc1cc(C=C(C#N)c2ccc(Br)cc2)cc(I)c1OCc1ccc([N+](=O)[O-])cc1. The molecule has 0 saturated carbocycles. The first-order chi connectivity index (χ1) is 15.4. The largest absolute Gasteiger partial charge is 0.490 e. The third kappa shape index (κ3) is 6.08. The Bertz CT molecular complexity index is 1190. The zero-order valence-electron chi connectivity index (χ0n) is 17.0. The Kier molecular flexibility index (Phi) is 8.25. The maximum absolute atomic E-state index is 10.8. The number of nitriles is 1. The van der Waals surface area contributed by atoms with E-state index in [9.17, 15) is 15.4 Å². The molecule has 0 bridgehead atoms. The van der Waals surface area contributed by atoms with Gasteiger partial charge in [0.05, 0.1) is 26.7 Å². The summed E-state index contributed by atoms with van der Waals surface area (Å²) in [6, 6.07) is 19.8. The van der Waals surface area contributed by atoms with Crippen molar-refractivity contribution in [2.45, 2.75) is 13.5 Å². The van der Waals surface area contributed by atoms with Gasteiger partial charge >= 0.3 is 0 Å². The van der Waals surface area contributed by atoms with Gasteiger partial charge in [-0.2, -0.15) is 5.26 Å². The second-order valence-corrected chi connectivity index (χ2v) is 8.73. The van der Waals surface area contributed by atoms with E-state index in [0.717, 1.165) is 24.7 Å². The van der Waals surface area contributed by atoms with Crippen LogP contribution in [-0.4, -0.2) is 11.5 Å². The Morgan fingerprint density at radius 3 is 2.44 bits per heavy atom. The van der Waals surface area contributed by atoms with Crippen LogP contribution in [0.25, 0.3) is 11.6 Å². The lowest BCUT2D eigenvalue weighted by Gasteiger charge is -2.15. The van der Waals surface area contributed by atoms with E-state index in [1.165, 1.54) is 12.1 Å². The second kappa shape index (κ2) is 11.1. The number of non-ortho nitro benzene ring substituents is 1. The molecule has 0 fully saturated rings. The van der Waals surface area contributed by atoms with Crippen molar-refractivity contribution < 1.29 is 14.4 Å². The summed E-state index contributed by atoms with van der Waals surface area (Å²) in [6.07, 6.45) is 1.81. The number of rotatable bonds is 8. The van der Waals surface area contributed by atoms with Crippen LogP contribution in [0.5, 0.6) is 11.5 Å². The van der Waals surface area contributed by atoms with Crippen molar-refractivity contribution in [3.8, 4) is 17.6 Å². The molecule has 0 aromatic heterocycles. The minimum atomic E-state index is -0.434. The standard InChI is InChI=1S/C24H18BrIN2O4/c1-2-31-23-13-17(11-19(14-27)18-5-7-20(25)8-6-18)12-22(26)24(23)32-15-16-3-9-21(10-4-16)28(29)30/h3-13H,2,15H2,1H3. The third-order valence-corrected chi connectivity index (χ3v) is 5.78. The van der Waals surface area contributed by atoms with E-state index in [0.29, 0.717) is 23.7 Å². The van der Waals surface area contributed by atoms with Gasteiger partial charge in [-0.25, -0.2) is 0 Å². The molecule has 0 spiro atoms. The van der Waals surface area contributed by atoms with Gasteiger partial charge in [0.1, 0.15) is 6.61 Å². The molecule has 3 rings (SSSR count). The number of benzene rings is 3. The first-order valence-corrected chi connectivity index (χ1v) is 11.5. The maximum Gasteiger partial charge on any atom is 0.269 e. The molecule has 0 heterocycles. The average molecular weight is 605 g/mol. The van der Waals surface area contributed by atoms with E-state index in [4.69, 9.17) is 9.47 Å². The number of nitro groups is 1. The van der Waals surface area contributed by atoms with Crippen LogP contribution in [0.1, 0.15) is 23.6 Å². The number of hydrogen-bond donors (Lipinski definition) is 0. The minimum absolute atomic E-state index is 0.0357. The summed E-state index contributed by atoms with van der Waals surface area (Å²) in [4.78, 5) is 10.4. The molecule has 0 radical (unpaired) electrons. The number of allylic oxidation sites excluding steroid dienone is 1. The van der Waals surface area contributed by atoms with Gasteiger partial charge < -0.3 is 9.47 Å². The molecule has 0 unspecified atom stereocenters. The summed E-state index contributed by atoms with van der Waals surface area (Å²) in [5.74, 6) is 1.16. The molecular weight excluding hydrogens is 587 g/mol. The van der Waals surface area contributed by atoms with Crippen molar-refractivity contribution in [3.63, 3.8) is 0 Å². The highest BCUT2D eigenvalue weighted by molar-refractivity contribution is 14.1. The molecule has 162 valence electrons. The monoisotopic (exact) mass is 604 g/mol. The fraction of sp³-hybridized carbons (Fsp3) is 0.125. The van der Waals surface area contributed by atoms with Gasteiger partial charge in [0.2, 0.25) is 0 Å². The first kappa shape index (κ1) is 23.8. The van der Waals surface area contributed by atoms with E-state index >= 15 is 0 Å². The Morgan fingerprint density at radius 2 is 1.84 bits per heavy atom. The lowest BCUT2D eigenvalue weighted by Crippen LogP contribution is -2.02. The van der Waals surface area contributed by atoms with E-state index in [1.807, 2.05) is 49.4 Å². The zero-order valence-corrected chi connectivity index (χ0v) is 20.8. The highest BCUT2D eigenvalue weighted by atomic mass is 127. The molecule has 0 aliphatic heterocycles. The quantitative estimate of drug-likeness (QED) is 0.0908. The molecule has 3 aromatic carbocycles. The number of ether oxygens (including phenoxy) is 2. The second-order valence-electron chi connectivity index (χ2n) is 6.65. The first-order valence-electron chi connectivity index (χ1n) is 9.61. The Labute approximate surface area is 207 Å². The molecule has 0 aliphatic rings. The van der Waals surface area contributed by atoms with Gasteiger partial charge in [-0.1, -0.05) is 28.1 Å². The Balaban J connectivity index is 1.87. The summed E-state index contributed by atoms with van der Waals surface area (Å²) in [7, 11) is 0. The van der Waals surface area contributed by atoms with Gasteiger partial charge in [0.25, 0.3) is 5.69 Å². The smallest absolute Gasteiger partial charge is 0.269 e. The van der Waals surface area contributed by atoms with Crippen molar-refractivity contribution in [2.75, 3.05) is 6.61 Å². The van der Waals surface area contributed by atoms with E-state index < -0.39 is 4.92 Å². The third-order valence-electron chi connectivity index (χ3n) is 4.45. The Hall–Kier alpha value is -2.90. The molecule has 0 atom stereocenters. The average Bonchev–Trinajstić information content (AvgIpc) is 2.78. The molecule has 8 heteroatoms. The lowest BCUT2D eigenvalue weighted by molar-refractivity contribution is -0.384. The number of nitrogens with zero attached hydrogens (tertiary/aromatic N) is 2. The van der Waals surface area contributed by atoms with Gasteiger partial charge in [0, 0.05) is 16.6 Å². The van der Waals surface area contributed by atoms with Crippen molar-refractivity contribution in [1.82, 2.24) is 0 Å². The maximum atomic E-state index is 10.8. The highest BCUT2D eigenvalue weighted by Crippen LogP contribution is 2.36. The van der Waals surface area contributed by atoms with Crippen LogP contribution >= 0.6 is 38.5 Å². The van der Waals surface area contributed by atoms with E-state index in [1.54, 1.807) is 12.1 Å². The molecule has 32 heavy (non-hydrogen) atoms. The van der Waals surface area contributed by atoms with Crippen LogP contribution in [0, 0.1) is 25.0 Å². The minimum Gasteiger partial charge on any atom is -0.490 e. The van der Waals surface area contributed by atoms with Gasteiger partial charge in [0.15, 0.2) is 11.5 Å². The molecule has 3 aromatic rings. The van der Waals surface area contributed by atoms with Gasteiger partial charge in [-0.3, -0.25) is 10.1 Å². The molecule has 6 nitrogen and oxygen atoms in total. The van der Waals surface area contributed by atoms with Crippen LogP contribution in [0.4, 0.5) is 5.69 Å². The van der Waals surface area contributed by atoms with Gasteiger partial charge in [-0.15, -0.1) is 0 Å². The number of hydrogen-bond acceptors (Lipinski definition) is 5. The summed E-state index contributed by atoms with van der Waals surface area (Å²) in [5, 5.41) is 20.5. The normalized spacial score (nSPS) is 11.0. The van der Waals surface area contributed by atoms with Gasteiger partial charge in [-0.05, 0) is 88.7 Å². The zero-order chi connectivity index (χ0) is 23.1. The lowest BCUT2D eigenvalue weighted by atomic mass is 10.0. The number of nitro benzene ring substituents is 1. The van der Waals surface area contributed by atoms with Crippen molar-refractivity contribution >= 4 is 55.9 Å². The van der Waals surface area contributed by atoms with Crippen LogP contribution in [0.15, 0.2) is 65.1 Å². The van der Waals surface area contributed by atoms with Crippen LogP contribution in [0.2, 0.25) is 0 Å². The van der Waals surface area contributed by atoms with Crippen LogP contribution in [0.3, 0.4) is 0 Å². The van der Waals surface area contributed by atoms with E-state index in [-0.39, 0.29) is 12.3 Å². The van der Waals surface area contributed by atoms with Crippen LogP contribution < -0.4 is 9.47 Å². The van der Waals surface area contributed by atoms with Crippen LogP contribution in [-0.2, 0) is 6.61 Å². The molecule has 0 aliphatic carbocycles. The summed E-state index contributed by atoms with van der Waals surface area (Å²) < 4.78 is 13.6. The van der Waals surface area contributed by atoms with E-state index in [2.05, 4.69) is 44.6 Å². The molecule has 0 saturated heterocycles. The predicted octanol–water partition coefficient (Wildman–Crippen LogP) is 7.00. The highest BCUT2D eigenvalue weighted by Gasteiger charge is 2.13.